The van der Waals surface area contributed by atoms with Crippen molar-refractivity contribution in [3.63, 3.8) is 0 Å². The van der Waals surface area contributed by atoms with Crippen molar-refractivity contribution in [2.45, 2.75) is 109 Å². The average Bonchev–Trinajstić information content (AvgIpc) is 2.44. The first-order valence-electron chi connectivity index (χ1n) is 9.06. The van der Waals surface area contributed by atoms with Crippen LogP contribution in [0, 0.1) is 0 Å². The number of hydrogen-bond acceptors (Lipinski definition) is 3. The second-order valence-electron chi connectivity index (χ2n) is 6.42. The first kappa shape index (κ1) is 21.9. The second kappa shape index (κ2) is 13.3. The van der Waals surface area contributed by atoms with Gasteiger partial charge in [-0.25, -0.2) is 0 Å². The molecule has 0 rings (SSSR count). The monoisotopic (exact) mass is 336 g/mol. The van der Waals surface area contributed by atoms with Gasteiger partial charge in [-0.1, -0.05) is 65.2 Å². The fourth-order valence-electron chi connectivity index (χ4n) is 2.77. The van der Waals surface area contributed by atoms with Crippen LogP contribution in [0.4, 0.5) is 0 Å². The molecule has 0 spiro atoms. The van der Waals surface area contributed by atoms with Crippen LogP contribution < -0.4 is 0 Å². The molecule has 134 valence electrons. The summed E-state index contributed by atoms with van der Waals surface area (Å²) in [5.74, 6) is 0. The molecule has 0 amide bonds. The number of unbranched alkanes of at least 4 members (excludes halogenated alkanes) is 6. The lowest BCUT2D eigenvalue weighted by Gasteiger charge is -2.15. The fraction of sp³-hybridized carbons (Fsp3) is 1.00. The van der Waals surface area contributed by atoms with Crippen molar-refractivity contribution in [1.82, 2.24) is 0 Å². The van der Waals surface area contributed by atoms with E-state index >= 15 is 0 Å². The van der Waals surface area contributed by atoms with Crippen molar-refractivity contribution < 1.29 is 18.1 Å². The van der Waals surface area contributed by atoms with E-state index in [1.54, 1.807) is 0 Å². The molecule has 5 heteroatoms. The van der Waals surface area contributed by atoms with Gasteiger partial charge in [0.25, 0.3) is 10.1 Å². The summed E-state index contributed by atoms with van der Waals surface area (Å²) >= 11 is 0. The van der Waals surface area contributed by atoms with Gasteiger partial charge in [0.15, 0.2) is 0 Å². The second-order valence-corrected chi connectivity index (χ2v) is 8.12. The third kappa shape index (κ3) is 12.4. The Morgan fingerprint density at radius 2 is 1.18 bits per heavy atom. The third-order valence-corrected chi connectivity index (χ3v) is 5.57. The van der Waals surface area contributed by atoms with Crippen LogP contribution in [0.2, 0.25) is 0 Å². The Morgan fingerprint density at radius 3 is 1.77 bits per heavy atom. The highest BCUT2D eigenvalue weighted by atomic mass is 32.2. The Balaban J connectivity index is 3.86. The minimum absolute atomic E-state index is 0.334. The molecule has 22 heavy (non-hydrogen) atoms. The molecule has 0 aromatic heterocycles. The van der Waals surface area contributed by atoms with Gasteiger partial charge in [-0.2, -0.15) is 8.42 Å². The summed E-state index contributed by atoms with van der Waals surface area (Å²) in [5.41, 5.74) is 0. The van der Waals surface area contributed by atoms with Crippen molar-refractivity contribution in [3.05, 3.63) is 0 Å². The van der Waals surface area contributed by atoms with Gasteiger partial charge in [-0.15, -0.1) is 0 Å². The molecule has 0 bridgehead atoms. The Morgan fingerprint density at radius 1 is 0.727 bits per heavy atom. The molecule has 0 aromatic rings. The zero-order valence-electron chi connectivity index (χ0n) is 14.5. The highest BCUT2D eigenvalue weighted by Gasteiger charge is 2.22. The van der Waals surface area contributed by atoms with E-state index in [9.17, 15) is 18.1 Å². The van der Waals surface area contributed by atoms with Crippen molar-refractivity contribution in [2.24, 2.45) is 0 Å². The van der Waals surface area contributed by atoms with Gasteiger partial charge in [0.1, 0.15) is 0 Å². The Labute approximate surface area is 137 Å². The summed E-state index contributed by atoms with van der Waals surface area (Å²) in [5, 5.41) is 9.27. The van der Waals surface area contributed by atoms with Crippen molar-refractivity contribution >= 4 is 10.1 Å². The summed E-state index contributed by atoms with van der Waals surface area (Å²) < 4.78 is 32.0. The molecule has 0 aliphatic heterocycles. The molecule has 0 fully saturated rings. The molecule has 0 saturated heterocycles. The normalized spacial score (nSPS) is 14.9. The molecule has 0 heterocycles. The zero-order valence-corrected chi connectivity index (χ0v) is 15.3. The quantitative estimate of drug-likeness (QED) is 0.335. The van der Waals surface area contributed by atoms with Gasteiger partial charge in [0, 0.05) is 0 Å². The van der Waals surface area contributed by atoms with Gasteiger partial charge < -0.3 is 5.11 Å². The molecule has 2 atom stereocenters. The van der Waals surface area contributed by atoms with Crippen LogP contribution in [0.5, 0.6) is 0 Å². The van der Waals surface area contributed by atoms with E-state index in [-0.39, 0.29) is 6.10 Å². The maximum Gasteiger partial charge on any atom is 0.267 e. The third-order valence-electron chi connectivity index (χ3n) is 4.26. The first-order chi connectivity index (χ1) is 10.4. The van der Waals surface area contributed by atoms with E-state index in [1.165, 1.54) is 19.3 Å². The number of hydrogen-bond donors (Lipinski definition) is 2. The molecule has 2 unspecified atom stereocenters. The first-order valence-corrected chi connectivity index (χ1v) is 10.6. The van der Waals surface area contributed by atoms with Crippen LogP contribution in [-0.4, -0.2) is 29.4 Å². The number of rotatable bonds is 15. The highest BCUT2D eigenvalue weighted by molar-refractivity contribution is 7.86. The molecule has 0 aromatic carbocycles. The van der Waals surface area contributed by atoms with Crippen molar-refractivity contribution in [2.75, 3.05) is 0 Å². The molecule has 0 saturated carbocycles. The van der Waals surface area contributed by atoms with Crippen molar-refractivity contribution in [3.8, 4) is 0 Å². The standard InChI is InChI=1S/C17H36O4S/c1-3-5-7-8-10-12-16(18)13-11-15-17(22(19,20)21)14-9-6-4-2/h16-18H,3-15H2,1-2H3,(H,19,20,21). The molecule has 0 aliphatic carbocycles. The van der Waals surface area contributed by atoms with E-state index in [0.29, 0.717) is 25.7 Å². The minimum Gasteiger partial charge on any atom is -0.393 e. The minimum atomic E-state index is -3.95. The van der Waals surface area contributed by atoms with Gasteiger partial charge in [-0.05, 0) is 32.1 Å². The van der Waals surface area contributed by atoms with Gasteiger partial charge in [-0.3, -0.25) is 4.55 Å². The lowest BCUT2D eigenvalue weighted by Crippen LogP contribution is -2.21. The van der Waals surface area contributed by atoms with Crippen LogP contribution in [0.25, 0.3) is 0 Å². The molecular formula is C17H36O4S. The van der Waals surface area contributed by atoms with E-state index in [2.05, 4.69) is 13.8 Å². The molecule has 0 radical (unpaired) electrons. The molecular weight excluding hydrogens is 300 g/mol. The van der Waals surface area contributed by atoms with Crippen LogP contribution in [-0.2, 0) is 10.1 Å². The summed E-state index contributed by atoms with van der Waals surface area (Å²) in [6.07, 6.45) is 11.5. The van der Waals surface area contributed by atoms with Crippen LogP contribution in [0.15, 0.2) is 0 Å². The maximum atomic E-state index is 11.4. The SMILES string of the molecule is CCCCCCCC(O)CCCC(CCCCC)S(=O)(=O)O. The predicted molar refractivity (Wildman–Crippen MR) is 92.7 cm³/mol. The smallest absolute Gasteiger partial charge is 0.267 e. The van der Waals surface area contributed by atoms with Gasteiger partial charge in [0.05, 0.1) is 11.4 Å². The molecule has 0 aliphatic rings. The summed E-state index contributed by atoms with van der Waals surface area (Å²) in [4.78, 5) is 0. The van der Waals surface area contributed by atoms with Crippen molar-refractivity contribution in [1.29, 1.82) is 0 Å². The zero-order chi connectivity index (χ0) is 16.8. The topological polar surface area (TPSA) is 74.6 Å². The van der Waals surface area contributed by atoms with Crippen LogP contribution >= 0.6 is 0 Å². The van der Waals surface area contributed by atoms with Gasteiger partial charge in [0.2, 0.25) is 0 Å². The largest absolute Gasteiger partial charge is 0.393 e. The molecule has 4 nitrogen and oxygen atoms in total. The summed E-state index contributed by atoms with van der Waals surface area (Å²) in [7, 11) is -3.95. The Hall–Kier alpha value is -0.130. The number of aliphatic hydroxyl groups excluding tert-OH is 1. The lowest BCUT2D eigenvalue weighted by atomic mass is 10.0. The van der Waals surface area contributed by atoms with Gasteiger partial charge >= 0.3 is 0 Å². The lowest BCUT2D eigenvalue weighted by molar-refractivity contribution is 0.147. The van der Waals surface area contributed by atoms with E-state index < -0.39 is 15.4 Å². The fourth-order valence-corrected chi connectivity index (χ4v) is 3.70. The average molecular weight is 337 g/mol. The summed E-state index contributed by atoms with van der Waals surface area (Å²) in [6.45, 7) is 4.25. The van der Waals surface area contributed by atoms with Crippen LogP contribution in [0.1, 0.15) is 97.3 Å². The highest BCUT2D eigenvalue weighted by Crippen LogP contribution is 2.19. The Bertz CT molecular complexity index is 341. The summed E-state index contributed by atoms with van der Waals surface area (Å²) in [6, 6.07) is 0. The van der Waals surface area contributed by atoms with E-state index in [1.807, 2.05) is 0 Å². The predicted octanol–water partition coefficient (Wildman–Crippen LogP) is 4.71. The Kier molecular flexibility index (Phi) is 13.2. The molecule has 2 N–H and O–H groups in total. The van der Waals surface area contributed by atoms with E-state index in [0.717, 1.165) is 38.5 Å². The number of aliphatic hydroxyl groups is 1. The maximum absolute atomic E-state index is 11.4. The van der Waals surface area contributed by atoms with Crippen LogP contribution in [0.3, 0.4) is 0 Å². The van der Waals surface area contributed by atoms with E-state index in [4.69, 9.17) is 0 Å².